The number of carbonyl (C=O) groups is 3. The summed E-state index contributed by atoms with van der Waals surface area (Å²) in [6, 6.07) is -0.0517. The van der Waals surface area contributed by atoms with E-state index in [1.54, 1.807) is 0 Å². The minimum atomic E-state index is -0.157. The number of thiazole rings is 2. The van der Waals surface area contributed by atoms with Crippen LogP contribution < -0.4 is 21.3 Å². The highest BCUT2D eigenvalue weighted by molar-refractivity contribution is 7.16. The first-order chi connectivity index (χ1) is 14.4. The number of rotatable bonds is 4. The Labute approximate surface area is 182 Å². The van der Waals surface area contributed by atoms with Crippen LogP contribution in [-0.2, 0) is 35.3 Å². The summed E-state index contributed by atoms with van der Waals surface area (Å²) in [6.45, 7) is 2.94. The Morgan fingerprint density at radius 1 is 0.800 bits per heavy atom. The Hall–Kier alpha value is -2.53. The van der Waals surface area contributed by atoms with E-state index < -0.39 is 0 Å². The van der Waals surface area contributed by atoms with Crippen LogP contribution in [-0.4, -0.2) is 39.9 Å². The summed E-state index contributed by atoms with van der Waals surface area (Å²) < 4.78 is 0. The van der Waals surface area contributed by atoms with Crippen molar-refractivity contribution < 1.29 is 14.4 Å². The molecule has 30 heavy (non-hydrogen) atoms. The molecule has 2 atom stereocenters. The van der Waals surface area contributed by atoms with E-state index in [9.17, 15) is 14.4 Å². The van der Waals surface area contributed by atoms with E-state index in [4.69, 9.17) is 0 Å². The maximum Gasteiger partial charge on any atom is 0.315 e. The predicted molar refractivity (Wildman–Crippen MR) is 116 cm³/mol. The van der Waals surface area contributed by atoms with Crippen LogP contribution in [0.25, 0.3) is 0 Å². The number of aryl methyl sites for hydroxylation is 2. The van der Waals surface area contributed by atoms with Crippen molar-refractivity contribution in [2.24, 2.45) is 0 Å². The summed E-state index contributed by atoms with van der Waals surface area (Å²) in [5.41, 5.74) is 2.03. The summed E-state index contributed by atoms with van der Waals surface area (Å²) >= 11 is 2.96. The summed E-state index contributed by atoms with van der Waals surface area (Å²) in [7, 11) is 0. The van der Waals surface area contributed by atoms with Crippen LogP contribution in [0.1, 0.15) is 47.8 Å². The second-order valence-electron chi connectivity index (χ2n) is 7.64. The molecular weight excluding hydrogens is 424 g/mol. The fraction of sp³-hybridized carbons (Fsp3) is 0.526. The number of hydrogen-bond donors (Lipinski definition) is 4. The largest absolute Gasteiger partial charge is 0.335 e. The number of fused-ring (bicyclic) bond motifs is 2. The number of urea groups is 1. The molecule has 2 aliphatic carbocycles. The number of nitrogens with zero attached hydrogens (tertiary/aromatic N) is 2. The van der Waals surface area contributed by atoms with Gasteiger partial charge in [-0.25, -0.2) is 14.8 Å². The molecule has 0 spiro atoms. The van der Waals surface area contributed by atoms with Gasteiger partial charge >= 0.3 is 6.03 Å². The summed E-state index contributed by atoms with van der Waals surface area (Å²) in [5.74, 6) is -0.258. The maximum absolute atomic E-state index is 12.5. The lowest BCUT2D eigenvalue weighted by Gasteiger charge is -2.26. The number of hydrogen-bond acceptors (Lipinski definition) is 7. The molecule has 0 saturated heterocycles. The standard InChI is InChI=1S/C19H24N6O3S2/c1-9(26)20-18-24-13-5-3-11(7-15(13)29-18)22-17(28)23-12-4-6-14-16(8-12)30-19(25-14)21-10(2)27/h11-12H,3-8H2,1-2H3,(H,20,24,26)(H,21,25,27)(H2,22,23,28). The lowest BCUT2D eigenvalue weighted by atomic mass is 9.97. The normalized spacial score (nSPS) is 19.9. The van der Waals surface area contributed by atoms with E-state index in [0.717, 1.165) is 59.7 Å². The van der Waals surface area contributed by atoms with Gasteiger partial charge in [0.15, 0.2) is 10.3 Å². The van der Waals surface area contributed by atoms with Crippen LogP contribution in [0.4, 0.5) is 15.1 Å². The molecule has 4 rings (SSSR count). The van der Waals surface area contributed by atoms with Crippen LogP contribution in [0.3, 0.4) is 0 Å². The molecule has 2 aromatic heterocycles. The van der Waals surface area contributed by atoms with Gasteiger partial charge in [-0.2, -0.15) is 0 Å². The smallest absolute Gasteiger partial charge is 0.315 e. The van der Waals surface area contributed by atoms with Gasteiger partial charge in [-0.05, 0) is 25.7 Å². The number of anilines is 2. The highest BCUT2D eigenvalue weighted by Gasteiger charge is 2.27. The topological polar surface area (TPSA) is 125 Å². The van der Waals surface area contributed by atoms with Gasteiger partial charge in [0.1, 0.15) is 0 Å². The summed E-state index contributed by atoms with van der Waals surface area (Å²) in [5, 5.41) is 12.9. The zero-order valence-electron chi connectivity index (χ0n) is 16.8. The van der Waals surface area contributed by atoms with Gasteiger partial charge in [-0.15, -0.1) is 22.7 Å². The lowest BCUT2D eigenvalue weighted by molar-refractivity contribution is -0.115. The molecule has 2 unspecified atom stereocenters. The molecule has 2 aliphatic rings. The fourth-order valence-corrected chi connectivity index (χ4v) is 6.08. The Balaban J connectivity index is 1.29. The van der Waals surface area contributed by atoms with Gasteiger partial charge in [0, 0.05) is 48.5 Å². The molecule has 4 N–H and O–H groups in total. The molecule has 0 bridgehead atoms. The molecule has 0 aliphatic heterocycles. The molecule has 160 valence electrons. The second-order valence-corrected chi connectivity index (χ2v) is 9.80. The minimum absolute atomic E-state index is 0.0528. The van der Waals surface area contributed by atoms with Gasteiger partial charge in [0.05, 0.1) is 11.4 Å². The van der Waals surface area contributed by atoms with Crippen LogP contribution in [0, 0.1) is 0 Å². The van der Waals surface area contributed by atoms with Gasteiger partial charge in [-0.3, -0.25) is 9.59 Å². The first kappa shape index (κ1) is 20.7. The van der Waals surface area contributed by atoms with Gasteiger partial charge in [-0.1, -0.05) is 0 Å². The Bertz CT molecular complexity index is 909. The van der Waals surface area contributed by atoms with Crippen LogP contribution in [0.5, 0.6) is 0 Å². The van der Waals surface area contributed by atoms with Gasteiger partial charge in [0.25, 0.3) is 0 Å². The van der Waals surface area contributed by atoms with Gasteiger partial charge in [0.2, 0.25) is 11.8 Å². The van der Waals surface area contributed by atoms with Crippen molar-refractivity contribution in [3.8, 4) is 0 Å². The summed E-state index contributed by atoms with van der Waals surface area (Å²) in [6.07, 6.45) is 4.68. The average Bonchev–Trinajstić information content (AvgIpc) is 3.22. The van der Waals surface area contributed by atoms with Crippen molar-refractivity contribution in [3.05, 3.63) is 21.1 Å². The van der Waals surface area contributed by atoms with Crippen molar-refractivity contribution in [1.82, 2.24) is 20.6 Å². The van der Waals surface area contributed by atoms with Crippen molar-refractivity contribution in [2.75, 3.05) is 10.6 Å². The van der Waals surface area contributed by atoms with E-state index in [0.29, 0.717) is 10.3 Å². The molecule has 0 fully saturated rings. The number of amides is 4. The fourth-order valence-electron chi connectivity index (χ4n) is 3.82. The highest BCUT2D eigenvalue weighted by Crippen LogP contribution is 2.31. The molecule has 0 saturated carbocycles. The van der Waals surface area contributed by atoms with E-state index >= 15 is 0 Å². The molecule has 2 heterocycles. The third-order valence-electron chi connectivity index (χ3n) is 5.12. The minimum Gasteiger partial charge on any atom is -0.335 e. The molecule has 0 radical (unpaired) electrons. The van der Waals surface area contributed by atoms with Crippen LogP contribution in [0.2, 0.25) is 0 Å². The van der Waals surface area contributed by atoms with Crippen LogP contribution in [0.15, 0.2) is 0 Å². The SMILES string of the molecule is CC(=O)Nc1nc2c(s1)CC(NC(=O)NC1CCc3nc(NC(C)=O)sc3C1)CC2. The van der Waals surface area contributed by atoms with Crippen molar-refractivity contribution in [2.45, 2.75) is 64.5 Å². The van der Waals surface area contributed by atoms with E-state index in [-0.39, 0.29) is 29.9 Å². The number of nitrogens with one attached hydrogen (secondary N) is 4. The monoisotopic (exact) mass is 448 g/mol. The molecule has 9 nitrogen and oxygen atoms in total. The quantitative estimate of drug-likeness (QED) is 0.571. The van der Waals surface area contributed by atoms with Crippen molar-refractivity contribution in [3.63, 3.8) is 0 Å². The molecular formula is C19H24N6O3S2. The third-order valence-corrected chi connectivity index (χ3v) is 7.19. The first-order valence-electron chi connectivity index (χ1n) is 9.95. The van der Waals surface area contributed by atoms with Crippen LogP contribution >= 0.6 is 22.7 Å². The molecule has 11 heteroatoms. The van der Waals surface area contributed by atoms with E-state index in [1.165, 1.54) is 36.5 Å². The van der Waals surface area contributed by atoms with Crippen molar-refractivity contribution in [1.29, 1.82) is 0 Å². The first-order valence-corrected chi connectivity index (χ1v) is 11.6. The van der Waals surface area contributed by atoms with E-state index in [1.807, 2.05) is 0 Å². The van der Waals surface area contributed by atoms with E-state index in [2.05, 4.69) is 31.2 Å². The molecule has 4 amide bonds. The number of carbonyl (C=O) groups excluding carboxylic acids is 3. The zero-order valence-corrected chi connectivity index (χ0v) is 18.5. The maximum atomic E-state index is 12.5. The van der Waals surface area contributed by atoms with Crippen molar-refractivity contribution >= 4 is 50.8 Å². The molecule has 0 aromatic carbocycles. The predicted octanol–water partition coefficient (Wildman–Crippen LogP) is 2.23. The zero-order chi connectivity index (χ0) is 21.3. The second kappa shape index (κ2) is 8.68. The molecule has 2 aromatic rings. The Kier molecular flexibility index (Phi) is 6.00. The summed E-state index contributed by atoms with van der Waals surface area (Å²) in [4.78, 5) is 46.2. The average molecular weight is 449 g/mol. The lowest BCUT2D eigenvalue weighted by Crippen LogP contribution is -2.49. The number of aromatic nitrogens is 2. The van der Waals surface area contributed by atoms with Gasteiger partial charge < -0.3 is 21.3 Å². The Morgan fingerprint density at radius 3 is 1.63 bits per heavy atom. The highest BCUT2D eigenvalue weighted by atomic mass is 32.1. The Morgan fingerprint density at radius 2 is 1.23 bits per heavy atom. The third kappa shape index (κ3) is 4.96.